The average Bonchev–Trinajstić information content (AvgIpc) is 3.15. The van der Waals surface area contributed by atoms with Crippen LogP contribution in [0.1, 0.15) is 54.6 Å². The number of nitrogens with one attached hydrogen (secondary N) is 1. The SMILES string of the molecule is Cc1nn(CCC(=O)NC2(c3cccc(F)c3)CCCC2)c(C)c1C. The van der Waals surface area contributed by atoms with Crippen LogP contribution in [-0.4, -0.2) is 15.7 Å². The van der Waals surface area contributed by atoms with Gasteiger partial charge in [-0.15, -0.1) is 0 Å². The number of carbonyl (C=O) groups excluding carboxylic acids is 1. The third kappa shape index (κ3) is 3.60. The van der Waals surface area contributed by atoms with Crippen molar-refractivity contribution in [1.82, 2.24) is 15.1 Å². The van der Waals surface area contributed by atoms with Crippen LogP contribution in [-0.2, 0) is 16.9 Å². The molecule has 0 radical (unpaired) electrons. The van der Waals surface area contributed by atoms with E-state index in [1.54, 1.807) is 12.1 Å². The predicted octanol–water partition coefficient (Wildman–Crippen LogP) is 3.92. The number of hydrogen-bond donors (Lipinski definition) is 1. The van der Waals surface area contributed by atoms with Gasteiger partial charge in [-0.3, -0.25) is 9.48 Å². The van der Waals surface area contributed by atoms with Crippen molar-refractivity contribution in [3.63, 3.8) is 0 Å². The minimum Gasteiger partial charge on any atom is -0.347 e. The maximum absolute atomic E-state index is 13.7. The monoisotopic (exact) mass is 343 g/mol. The highest BCUT2D eigenvalue weighted by Gasteiger charge is 2.37. The number of nitrogens with zero attached hydrogens (tertiary/aromatic N) is 2. The first-order valence-electron chi connectivity index (χ1n) is 8.99. The number of benzene rings is 1. The van der Waals surface area contributed by atoms with Gasteiger partial charge in [0.25, 0.3) is 0 Å². The molecule has 3 rings (SSSR count). The molecule has 1 aliphatic rings. The second-order valence-electron chi connectivity index (χ2n) is 7.12. The fourth-order valence-corrected chi connectivity index (χ4v) is 3.79. The minimum absolute atomic E-state index is 0.00336. The van der Waals surface area contributed by atoms with Crippen molar-refractivity contribution >= 4 is 5.91 Å². The summed E-state index contributed by atoms with van der Waals surface area (Å²) < 4.78 is 15.6. The smallest absolute Gasteiger partial charge is 0.222 e. The quantitative estimate of drug-likeness (QED) is 0.894. The van der Waals surface area contributed by atoms with Gasteiger partial charge < -0.3 is 5.32 Å². The molecule has 1 saturated carbocycles. The summed E-state index contributed by atoms with van der Waals surface area (Å²) in [6.07, 6.45) is 4.20. The molecule has 1 N–H and O–H groups in total. The van der Waals surface area contributed by atoms with Crippen molar-refractivity contribution < 1.29 is 9.18 Å². The van der Waals surface area contributed by atoms with Crippen LogP contribution in [0.15, 0.2) is 24.3 Å². The summed E-state index contributed by atoms with van der Waals surface area (Å²) in [6.45, 7) is 6.62. The second-order valence-corrected chi connectivity index (χ2v) is 7.12. The molecular formula is C20H26FN3O. The molecule has 4 nitrogen and oxygen atoms in total. The van der Waals surface area contributed by atoms with Crippen molar-refractivity contribution in [3.05, 3.63) is 52.6 Å². The zero-order chi connectivity index (χ0) is 18.0. The Bertz CT molecular complexity index is 775. The number of halogens is 1. The molecule has 0 bridgehead atoms. The van der Waals surface area contributed by atoms with Crippen molar-refractivity contribution in [3.8, 4) is 0 Å². The molecule has 1 heterocycles. The van der Waals surface area contributed by atoms with E-state index in [2.05, 4.69) is 10.4 Å². The third-order valence-electron chi connectivity index (χ3n) is 5.51. The molecule has 0 saturated heterocycles. The highest BCUT2D eigenvalue weighted by molar-refractivity contribution is 5.77. The van der Waals surface area contributed by atoms with Crippen molar-refractivity contribution in [2.45, 2.75) is 65.0 Å². The van der Waals surface area contributed by atoms with Gasteiger partial charge in [-0.25, -0.2) is 4.39 Å². The van der Waals surface area contributed by atoms with E-state index in [9.17, 15) is 9.18 Å². The number of aryl methyl sites for hydroxylation is 2. The first kappa shape index (κ1) is 17.6. The zero-order valence-corrected chi connectivity index (χ0v) is 15.2. The van der Waals surface area contributed by atoms with Crippen LogP contribution in [0.5, 0.6) is 0 Å². The average molecular weight is 343 g/mol. The Morgan fingerprint density at radius 2 is 2.00 bits per heavy atom. The molecule has 1 amide bonds. The Balaban J connectivity index is 1.70. The summed E-state index contributed by atoms with van der Waals surface area (Å²) in [5, 5.41) is 7.69. The van der Waals surface area contributed by atoms with E-state index in [1.165, 1.54) is 11.6 Å². The van der Waals surface area contributed by atoms with E-state index in [0.29, 0.717) is 13.0 Å². The van der Waals surface area contributed by atoms with Gasteiger partial charge in [0.2, 0.25) is 5.91 Å². The summed E-state index contributed by atoms with van der Waals surface area (Å²) in [6, 6.07) is 6.63. The predicted molar refractivity (Wildman–Crippen MR) is 95.7 cm³/mol. The summed E-state index contributed by atoms with van der Waals surface area (Å²) in [5.74, 6) is -0.257. The molecule has 0 unspecified atom stereocenters. The lowest BCUT2D eigenvalue weighted by molar-refractivity contribution is -0.123. The Morgan fingerprint density at radius 3 is 2.60 bits per heavy atom. The number of hydrogen-bond acceptors (Lipinski definition) is 2. The van der Waals surface area contributed by atoms with Crippen LogP contribution in [0.4, 0.5) is 4.39 Å². The van der Waals surface area contributed by atoms with Gasteiger partial charge in [0.05, 0.1) is 11.2 Å². The van der Waals surface area contributed by atoms with E-state index in [0.717, 1.165) is 42.6 Å². The van der Waals surface area contributed by atoms with Crippen LogP contribution in [0.2, 0.25) is 0 Å². The molecule has 0 atom stereocenters. The van der Waals surface area contributed by atoms with Crippen molar-refractivity contribution in [1.29, 1.82) is 0 Å². The first-order valence-corrected chi connectivity index (χ1v) is 8.99. The summed E-state index contributed by atoms with van der Waals surface area (Å²) in [5.41, 5.74) is 3.73. The van der Waals surface area contributed by atoms with Crippen LogP contribution in [0.3, 0.4) is 0 Å². The maximum atomic E-state index is 13.7. The largest absolute Gasteiger partial charge is 0.347 e. The molecule has 25 heavy (non-hydrogen) atoms. The Hall–Kier alpha value is -2.17. The van der Waals surface area contributed by atoms with Crippen molar-refractivity contribution in [2.75, 3.05) is 0 Å². The summed E-state index contributed by atoms with van der Waals surface area (Å²) in [4.78, 5) is 12.6. The lowest BCUT2D eigenvalue weighted by Gasteiger charge is -2.31. The molecule has 0 aliphatic heterocycles. The van der Waals surface area contributed by atoms with Crippen LogP contribution in [0, 0.1) is 26.6 Å². The summed E-state index contributed by atoms with van der Waals surface area (Å²) >= 11 is 0. The molecular weight excluding hydrogens is 317 g/mol. The van der Waals surface area contributed by atoms with Gasteiger partial charge in [-0.05, 0) is 56.9 Å². The molecule has 134 valence electrons. The lowest BCUT2D eigenvalue weighted by Crippen LogP contribution is -2.44. The summed E-state index contributed by atoms with van der Waals surface area (Å²) in [7, 11) is 0. The Labute approximate surface area is 148 Å². The maximum Gasteiger partial charge on any atom is 0.222 e. The van der Waals surface area contributed by atoms with E-state index in [-0.39, 0.29) is 11.7 Å². The molecule has 5 heteroatoms. The van der Waals surface area contributed by atoms with Crippen LogP contribution in [0.25, 0.3) is 0 Å². The standard InChI is InChI=1S/C20H26FN3O/c1-14-15(2)23-24(16(14)3)12-9-19(25)22-20(10-4-5-11-20)17-7-6-8-18(21)13-17/h6-8,13H,4-5,9-12H2,1-3H3,(H,22,25). The third-order valence-corrected chi connectivity index (χ3v) is 5.51. The highest BCUT2D eigenvalue weighted by Crippen LogP contribution is 2.39. The number of aromatic nitrogens is 2. The number of amides is 1. The van der Waals surface area contributed by atoms with Gasteiger partial charge in [0.1, 0.15) is 5.82 Å². The van der Waals surface area contributed by atoms with Crippen molar-refractivity contribution in [2.24, 2.45) is 0 Å². The van der Waals surface area contributed by atoms with E-state index in [4.69, 9.17) is 0 Å². The molecule has 1 aliphatic carbocycles. The lowest BCUT2D eigenvalue weighted by atomic mass is 9.88. The topological polar surface area (TPSA) is 46.9 Å². The van der Waals surface area contributed by atoms with E-state index < -0.39 is 5.54 Å². The van der Waals surface area contributed by atoms with Gasteiger partial charge in [-0.1, -0.05) is 25.0 Å². The zero-order valence-electron chi connectivity index (χ0n) is 15.2. The van der Waals surface area contributed by atoms with Gasteiger partial charge in [-0.2, -0.15) is 5.10 Å². The molecule has 1 aromatic carbocycles. The van der Waals surface area contributed by atoms with E-state index >= 15 is 0 Å². The van der Waals surface area contributed by atoms with Gasteiger partial charge in [0, 0.05) is 18.7 Å². The molecule has 1 fully saturated rings. The fourth-order valence-electron chi connectivity index (χ4n) is 3.79. The first-order chi connectivity index (χ1) is 11.9. The molecule has 1 aromatic heterocycles. The number of rotatable bonds is 5. The highest BCUT2D eigenvalue weighted by atomic mass is 19.1. The van der Waals surface area contributed by atoms with E-state index in [1.807, 2.05) is 31.5 Å². The van der Waals surface area contributed by atoms with Gasteiger partial charge in [0.15, 0.2) is 0 Å². The molecule has 2 aromatic rings. The van der Waals surface area contributed by atoms with Crippen LogP contribution >= 0.6 is 0 Å². The molecule has 0 spiro atoms. The fraction of sp³-hybridized carbons (Fsp3) is 0.500. The second kappa shape index (κ2) is 6.98. The minimum atomic E-state index is -0.426. The Morgan fingerprint density at radius 1 is 1.28 bits per heavy atom. The van der Waals surface area contributed by atoms with Gasteiger partial charge >= 0.3 is 0 Å². The Kier molecular flexibility index (Phi) is 4.93. The normalized spacial score (nSPS) is 16.2. The number of carbonyl (C=O) groups is 1. The van der Waals surface area contributed by atoms with Crippen LogP contribution < -0.4 is 5.32 Å².